The van der Waals surface area contributed by atoms with Gasteiger partial charge in [-0.25, -0.2) is 0 Å². The average Bonchev–Trinajstić information content (AvgIpc) is 3.83. The first kappa shape index (κ1) is 36.0. The van der Waals surface area contributed by atoms with Gasteiger partial charge in [0.2, 0.25) is 0 Å². The molecule has 7 unspecified atom stereocenters. The Morgan fingerprint density at radius 3 is 2.17 bits per heavy atom. The molecule has 0 heteroatoms. The maximum Gasteiger partial charge on any atom is 0.00884 e. The first-order valence-corrected chi connectivity index (χ1v) is 20.6. The molecule has 0 saturated heterocycles. The molecule has 46 heavy (non-hydrogen) atoms. The molecule has 0 N–H and O–H groups in total. The standard InChI is InChI=1S/C46H74/c1-10-15-16-17-18-19-20-21-22-23-28-37(14-5)44-43-45(44)42(46(43,44)45)29-25-24-27-34(8)35(9)38(26-11-2)39(31-30-33(6)7)41-32-40(41)36(12-3)13-4/h11-12,16-17,28,33-34,36,39-43H,2-3,10,13-15,18-27,29-32H2,1,4-9H3. The molecular weight excluding hydrogens is 553 g/mol. The second kappa shape index (κ2) is 15.1. The summed E-state index contributed by atoms with van der Waals surface area (Å²) in [7, 11) is 0. The lowest BCUT2D eigenvalue weighted by molar-refractivity contribution is 0.377. The molecule has 0 nitrogen and oxygen atoms in total. The molecule has 6 rings (SSSR count). The van der Waals surface area contributed by atoms with Crippen LogP contribution in [0, 0.1) is 63.6 Å². The lowest BCUT2D eigenvalue weighted by Gasteiger charge is -2.27. The predicted molar refractivity (Wildman–Crippen MR) is 203 cm³/mol. The summed E-state index contributed by atoms with van der Waals surface area (Å²) in [6, 6.07) is 0. The molecule has 0 aromatic carbocycles. The Hall–Kier alpha value is -1.30. The van der Waals surface area contributed by atoms with Crippen molar-refractivity contribution in [3.05, 3.63) is 60.3 Å². The van der Waals surface area contributed by atoms with E-state index >= 15 is 0 Å². The lowest BCUT2D eigenvalue weighted by atomic mass is 9.78. The van der Waals surface area contributed by atoms with Crippen molar-refractivity contribution in [2.75, 3.05) is 0 Å². The van der Waals surface area contributed by atoms with Gasteiger partial charge in [0.25, 0.3) is 0 Å². The number of unbranched alkanes of at least 4 members (excludes halogenated alkanes) is 7. The van der Waals surface area contributed by atoms with Crippen LogP contribution in [-0.2, 0) is 0 Å². The van der Waals surface area contributed by atoms with Crippen LogP contribution < -0.4 is 0 Å². The van der Waals surface area contributed by atoms with Crippen LogP contribution in [0.2, 0.25) is 0 Å². The van der Waals surface area contributed by atoms with E-state index in [2.05, 4.69) is 92.0 Å². The highest BCUT2D eigenvalue weighted by atomic mass is 15.4. The van der Waals surface area contributed by atoms with Crippen molar-refractivity contribution in [2.45, 2.75) is 164 Å². The first-order chi connectivity index (χ1) is 22.3. The number of allylic oxidation sites excluding steroid dienone is 8. The van der Waals surface area contributed by atoms with Gasteiger partial charge in [0.15, 0.2) is 0 Å². The zero-order chi connectivity index (χ0) is 33.1. The molecule has 6 saturated carbocycles. The van der Waals surface area contributed by atoms with Crippen LogP contribution in [0.3, 0.4) is 0 Å². The van der Waals surface area contributed by atoms with Crippen LogP contribution in [0.5, 0.6) is 0 Å². The Balaban J connectivity index is 1.03. The fourth-order valence-corrected chi connectivity index (χ4v) is 11.6. The second-order valence-corrected chi connectivity index (χ2v) is 17.2. The van der Waals surface area contributed by atoms with E-state index in [9.17, 15) is 0 Å². The van der Waals surface area contributed by atoms with Crippen LogP contribution in [0.1, 0.15) is 164 Å². The van der Waals surface area contributed by atoms with Crippen molar-refractivity contribution in [1.82, 2.24) is 0 Å². The van der Waals surface area contributed by atoms with Gasteiger partial charge in [-0.05, 0) is 142 Å². The van der Waals surface area contributed by atoms with Gasteiger partial charge in [-0.3, -0.25) is 0 Å². The summed E-state index contributed by atoms with van der Waals surface area (Å²) in [6.45, 7) is 25.3. The molecular formula is C46H74. The Bertz CT molecular complexity index is 1120. The second-order valence-electron chi connectivity index (χ2n) is 17.2. The van der Waals surface area contributed by atoms with Gasteiger partial charge in [-0.15, -0.1) is 13.2 Å². The normalized spacial score (nSPS) is 35.3. The number of hydrogen-bond acceptors (Lipinski definition) is 0. The van der Waals surface area contributed by atoms with E-state index in [1.807, 2.05) is 5.57 Å². The maximum atomic E-state index is 4.22. The summed E-state index contributed by atoms with van der Waals surface area (Å²) in [5.74, 6) is 6.95. The van der Waals surface area contributed by atoms with E-state index in [-0.39, 0.29) is 0 Å². The van der Waals surface area contributed by atoms with Crippen molar-refractivity contribution in [3.63, 3.8) is 0 Å². The Morgan fingerprint density at radius 2 is 1.54 bits per heavy atom. The van der Waals surface area contributed by atoms with Gasteiger partial charge in [-0.2, -0.15) is 0 Å². The smallest absolute Gasteiger partial charge is 0.00884 e. The quantitative estimate of drug-likeness (QED) is 0.0628. The minimum atomic E-state index is 0.704. The van der Waals surface area contributed by atoms with Crippen molar-refractivity contribution >= 4 is 0 Å². The van der Waals surface area contributed by atoms with E-state index in [1.54, 1.807) is 11.1 Å². The largest absolute Gasteiger partial charge is 0.103 e. The third-order valence-electron chi connectivity index (χ3n) is 14.5. The summed E-state index contributed by atoms with van der Waals surface area (Å²) in [6.07, 6.45) is 36.3. The SMILES string of the molecule is C=CCC(=C(C)C(C)CCCCC1C23C4C2(C(=CCCCCCCC=CCCC)CC)C143)C(CCC(C)C)C1CC1C(C=C)CC. The molecule has 0 aromatic rings. The molecule has 6 fully saturated rings. The molecule has 258 valence electrons. The van der Waals surface area contributed by atoms with Crippen LogP contribution in [0.15, 0.2) is 60.3 Å². The van der Waals surface area contributed by atoms with Crippen LogP contribution in [0.25, 0.3) is 0 Å². The third-order valence-corrected chi connectivity index (χ3v) is 14.5. The molecule has 0 aromatic heterocycles. The Kier molecular flexibility index (Phi) is 11.8. The van der Waals surface area contributed by atoms with E-state index in [1.165, 1.54) is 109 Å². The molecule has 0 aliphatic heterocycles. The van der Waals surface area contributed by atoms with Gasteiger partial charge < -0.3 is 0 Å². The summed E-state index contributed by atoms with van der Waals surface area (Å²) in [5.41, 5.74) is 7.90. The summed E-state index contributed by atoms with van der Waals surface area (Å²) in [4.78, 5) is 0. The molecule has 0 bridgehead atoms. The van der Waals surface area contributed by atoms with Gasteiger partial charge in [0.05, 0.1) is 0 Å². The molecule has 0 amide bonds. The summed E-state index contributed by atoms with van der Waals surface area (Å²) in [5, 5.41) is 0. The Morgan fingerprint density at radius 1 is 0.826 bits per heavy atom. The summed E-state index contributed by atoms with van der Waals surface area (Å²) < 4.78 is 0. The molecule has 6 aliphatic rings. The van der Waals surface area contributed by atoms with Crippen LogP contribution >= 0.6 is 0 Å². The van der Waals surface area contributed by atoms with Crippen molar-refractivity contribution < 1.29 is 0 Å². The van der Waals surface area contributed by atoms with Crippen molar-refractivity contribution in [2.24, 2.45) is 63.6 Å². The number of rotatable bonds is 27. The topological polar surface area (TPSA) is 0 Å². The number of hydrogen-bond donors (Lipinski definition) is 0. The van der Waals surface area contributed by atoms with Gasteiger partial charge >= 0.3 is 0 Å². The zero-order valence-electron chi connectivity index (χ0n) is 31.6. The first-order valence-electron chi connectivity index (χ1n) is 20.6. The molecule has 7 atom stereocenters. The zero-order valence-corrected chi connectivity index (χ0v) is 31.6. The molecule has 2 spiro atoms. The van der Waals surface area contributed by atoms with E-state index in [0.29, 0.717) is 11.8 Å². The maximum absolute atomic E-state index is 4.22. The highest BCUT2D eigenvalue weighted by molar-refractivity contribution is 5.91. The van der Waals surface area contributed by atoms with Crippen molar-refractivity contribution in [1.29, 1.82) is 0 Å². The van der Waals surface area contributed by atoms with Crippen LogP contribution in [-0.4, -0.2) is 0 Å². The van der Waals surface area contributed by atoms with E-state index in [0.717, 1.165) is 58.2 Å². The predicted octanol–water partition coefficient (Wildman–Crippen LogP) is 14.3. The molecule has 6 aliphatic carbocycles. The highest BCUT2D eigenvalue weighted by Crippen LogP contribution is 3.43. The average molecular weight is 627 g/mol. The Labute approximate surface area is 287 Å². The van der Waals surface area contributed by atoms with Gasteiger partial charge in [0, 0.05) is 5.41 Å². The minimum Gasteiger partial charge on any atom is -0.103 e. The minimum absolute atomic E-state index is 0.704. The fourth-order valence-electron chi connectivity index (χ4n) is 11.6. The van der Waals surface area contributed by atoms with E-state index in [4.69, 9.17) is 0 Å². The van der Waals surface area contributed by atoms with Gasteiger partial charge in [-0.1, -0.05) is 127 Å². The highest BCUT2D eigenvalue weighted by Gasteiger charge is 3.42. The third kappa shape index (κ3) is 6.06. The van der Waals surface area contributed by atoms with Crippen molar-refractivity contribution in [3.8, 4) is 0 Å². The fraction of sp³-hybridized carbons (Fsp3) is 0.783. The monoisotopic (exact) mass is 627 g/mol. The van der Waals surface area contributed by atoms with E-state index < -0.39 is 0 Å². The lowest BCUT2D eigenvalue weighted by Crippen LogP contribution is -2.15. The molecule has 0 heterocycles. The van der Waals surface area contributed by atoms with Crippen LogP contribution in [0.4, 0.5) is 0 Å². The summed E-state index contributed by atoms with van der Waals surface area (Å²) >= 11 is 0. The molecule has 0 radical (unpaired) electrons. The van der Waals surface area contributed by atoms with Gasteiger partial charge in [0.1, 0.15) is 0 Å².